The second-order valence-electron chi connectivity index (χ2n) is 5.09. The van der Waals surface area contributed by atoms with E-state index >= 15 is 0 Å². The number of hydrogen-bond donors (Lipinski definition) is 2. The van der Waals surface area contributed by atoms with Gasteiger partial charge in [0, 0.05) is 5.69 Å². The van der Waals surface area contributed by atoms with Gasteiger partial charge in [0.1, 0.15) is 11.4 Å². The molecule has 4 heteroatoms. The minimum atomic E-state index is -0.425. The monoisotopic (exact) mass is 243 g/mol. The van der Waals surface area contributed by atoms with Crippen LogP contribution in [0.2, 0.25) is 0 Å². The lowest BCUT2D eigenvalue weighted by Gasteiger charge is -2.45. The summed E-state index contributed by atoms with van der Waals surface area (Å²) in [6, 6.07) is 9.97. The summed E-state index contributed by atoms with van der Waals surface area (Å²) in [4.78, 5) is 14.4. The number of carbonyl (C=O) groups excluding carboxylic acids is 1. The van der Waals surface area contributed by atoms with E-state index in [2.05, 4.69) is 10.2 Å². The van der Waals surface area contributed by atoms with Crippen LogP contribution in [-0.4, -0.2) is 23.8 Å². The van der Waals surface area contributed by atoms with Gasteiger partial charge in [0.25, 0.3) is 5.91 Å². The highest BCUT2D eigenvalue weighted by Crippen LogP contribution is 2.39. The number of anilines is 1. The summed E-state index contributed by atoms with van der Waals surface area (Å²) in [7, 11) is 0. The largest absolute Gasteiger partial charge is 0.349 e. The van der Waals surface area contributed by atoms with Crippen molar-refractivity contribution >= 4 is 17.4 Å². The zero-order chi connectivity index (χ0) is 12.6. The number of benzene rings is 1. The number of rotatable bonds is 1. The Kier molecular flexibility index (Phi) is 2.58. The molecule has 2 aliphatic rings. The van der Waals surface area contributed by atoms with Crippen molar-refractivity contribution in [2.24, 2.45) is 0 Å². The van der Waals surface area contributed by atoms with Gasteiger partial charge in [0.05, 0.1) is 6.54 Å². The Labute approximate surface area is 106 Å². The first-order valence-electron chi connectivity index (χ1n) is 6.44. The molecule has 1 aromatic carbocycles. The molecule has 0 radical (unpaired) electrons. The van der Waals surface area contributed by atoms with Crippen molar-refractivity contribution in [3.63, 3.8) is 0 Å². The van der Waals surface area contributed by atoms with Gasteiger partial charge in [-0.3, -0.25) is 10.2 Å². The fourth-order valence-electron chi connectivity index (χ4n) is 3.13. The van der Waals surface area contributed by atoms with Gasteiger partial charge in [-0.1, -0.05) is 31.0 Å². The summed E-state index contributed by atoms with van der Waals surface area (Å²) in [5, 5.41) is 10.5. The zero-order valence-corrected chi connectivity index (χ0v) is 10.3. The van der Waals surface area contributed by atoms with Crippen LogP contribution in [0.5, 0.6) is 0 Å². The van der Waals surface area contributed by atoms with E-state index in [-0.39, 0.29) is 5.91 Å². The van der Waals surface area contributed by atoms with Crippen LogP contribution in [-0.2, 0) is 4.79 Å². The normalized spacial score (nSPS) is 22.3. The van der Waals surface area contributed by atoms with Crippen LogP contribution in [0.25, 0.3) is 0 Å². The summed E-state index contributed by atoms with van der Waals surface area (Å²) in [6.45, 7) is 0.496. The molecule has 0 atom stereocenters. The van der Waals surface area contributed by atoms with Gasteiger partial charge in [0.2, 0.25) is 0 Å². The van der Waals surface area contributed by atoms with E-state index in [0.717, 1.165) is 31.4 Å². The van der Waals surface area contributed by atoms with Crippen molar-refractivity contribution in [2.75, 3.05) is 11.4 Å². The fourth-order valence-corrected chi connectivity index (χ4v) is 3.13. The lowest BCUT2D eigenvalue weighted by atomic mass is 9.90. The summed E-state index contributed by atoms with van der Waals surface area (Å²) >= 11 is 0. The summed E-state index contributed by atoms with van der Waals surface area (Å²) in [5.41, 5.74) is 0.616. The molecule has 4 nitrogen and oxygen atoms in total. The number of hydrogen-bond acceptors (Lipinski definition) is 3. The smallest absolute Gasteiger partial charge is 0.251 e. The van der Waals surface area contributed by atoms with Gasteiger partial charge in [-0.15, -0.1) is 0 Å². The third-order valence-electron chi connectivity index (χ3n) is 4.02. The van der Waals surface area contributed by atoms with Crippen LogP contribution in [0.4, 0.5) is 5.69 Å². The molecule has 3 rings (SSSR count). The highest BCUT2D eigenvalue weighted by molar-refractivity contribution is 6.08. The van der Waals surface area contributed by atoms with Crippen molar-refractivity contribution in [3.8, 4) is 0 Å². The van der Waals surface area contributed by atoms with Gasteiger partial charge >= 0.3 is 0 Å². The second kappa shape index (κ2) is 4.12. The van der Waals surface area contributed by atoms with E-state index in [1.54, 1.807) is 0 Å². The molecule has 1 aromatic rings. The molecule has 2 N–H and O–H groups in total. The molecular weight excluding hydrogens is 226 g/mol. The number of nitrogens with zero attached hydrogens (tertiary/aromatic N) is 1. The third kappa shape index (κ3) is 1.60. The maximum atomic E-state index is 12.3. The lowest BCUT2D eigenvalue weighted by Crippen LogP contribution is -2.65. The number of para-hydroxylation sites is 1. The van der Waals surface area contributed by atoms with Crippen LogP contribution >= 0.6 is 0 Å². The van der Waals surface area contributed by atoms with Crippen LogP contribution in [0.1, 0.15) is 25.7 Å². The Morgan fingerprint density at radius 2 is 1.83 bits per heavy atom. The van der Waals surface area contributed by atoms with Crippen molar-refractivity contribution < 1.29 is 4.79 Å². The van der Waals surface area contributed by atoms with Gasteiger partial charge in [-0.25, -0.2) is 0 Å². The van der Waals surface area contributed by atoms with Crippen molar-refractivity contribution in [2.45, 2.75) is 31.2 Å². The molecule has 1 spiro atoms. The first-order valence-corrected chi connectivity index (χ1v) is 6.44. The van der Waals surface area contributed by atoms with Crippen LogP contribution in [0.3, 0.4) is 0 Å². The molecule has 1 saturated carbocycles. The van der Waals surface area contributed by atoms with E-state index < -0.39 is 5.54 Å². The molecule has 18 heavy (non-hydrogen) atoms. The number of piperazine rings is 1. The standard InChI is InChI=1S/C14H17N3O/c15-12-10-17(11-6-2-1-3-7-11)14(13(18)16-12)8-4-5-9-14/h1-3,6-7H,4-5,8-10H2,(H2,15,16,18). The van der Waals surface area contributed by atoms with E-state index in [0.29, 0.717) is 12.4 Å². The second-order valence-corrected chi connectivity index (χ2v) is 5.09. The average Bonchev–Trinajstić information content (AvgIpc) is 2.86. The summed E-state index contributed by atoms with van der Waals surface area (Å²) in [6.07, 6.45) is 3.95. The molecule has 0 unspecified atom stereocenters. The van der Waals surface area contributed by atoms with Gasteiger partial charge in [-0.2, -0.15) is 0 Å². The molecular formula is C14H17N3O. The zero-order valence-electron chi connectivity index (χ0n) is 10.3. The summed E-state index contributed by atoms with van der Waals surface area (Å²) in [5.74, 6) is 0.293. The Hall–Kier alpha value is -1.84. The Morgan fingerprint density at radius 3 is 2.50 bits per heavy atom. The summed E-state index contributed by atoms with van der Waals surface area (Å²) < 4.78 is 0. The lowest BCUT2D eigenvalue weighted by molar-refractivity contribution is -0.125. The predicted molar refractivity (Wildman–Crippen MR) is 70.9 cm³/mol. The van der Waals surface area contributed by atoms with Crippen LogP contribution in [0, 0.1) is 5.41 Å². The van der Waals surface area contributed by atoms with Gasteiger partial charge in [0.15, 0.2) is 0 Å². The van der Waals surface area contributed by atoms with Crippen molar-refractivity contribution in [1.82, 2.24) is 5.32 Å². The minimum Gasteiger partial charge on any atom is -0.349 e. The van der Waals surface area contributed by atoms with Gasteiger partial charge in [-0.05, 0) is 25.0 Å². The van der Waals surface area contributed by atoms with E-state index in [9.17, 15) is 4.79 Å². The first kappa shape index (κ1) is 11.3. The van der Waals surface area contributed by atoms with E-state index in [1.165, 1.54) is 0 Å². The van der Waals surface area contributed by atoms with Crippen LogP contribution < -0.4 is 10.2 Å². The maximum absolute atomic E-state index is 12.3. The predicted octanol–water partition coefficient (Wildman–Crippen LogP) is 1.91. The number of amidine groups is 1. The molecule has 0 aromatic heterocycles. The molecule has 1 aliphatic carbocycles. The average molecular weight is 243 g/mol. The minimum absolute atomic E-state index is 0.0000954. The topological polar surface area (TPSA) is 56.2 Å². The molecule has 2 fully saturated rings. The highest BCUT2D eigenvalue weighted by Gasteiger charge is 2.49. The van der Waals surface area contributed by atoms with Crippen LogP contribution in [0.15, 0.2) is 30.3 Å². The molecule has 1 amide bonds. The fraction of sp³-hybridized carbons (Fsp3) is 0.429. The third-order valence-corrected chi connectivity index (χ3v) is 4.02. The van der Waals surface area contributed by atoms with Crippen molar-refractivity contribution in [3.05, 3.63) is 30.3 Å². The Morgan fingerprint density at radius 1 is 1.17 bits per heavy atom. The number of carbonyl (C=O) groups is 1. The Balaban J connectivity index is 2.03. The molecule has 1 heterocycles. The van der Waals surface area contributed by atoms with E-state index in [1.807, 2.05) is 30.3 Å². The SMILES string of the molecule is N=C1CN(c2ccccc2)C2(CCCC2)C(=O)N1. The Bertz CT molecular complexity index is 477. The first-order chi connectivity index (χ1) is 8.72. The van der Waals surface area contributed by atoms with E-state index in [4.69, 9.17) is 5.41 Å². The van der Waals surface area contributed by atoms with Crippen molar-refractivity contribution in [1.29, 1.82) is 5.41 Å². The number of amides is 1. The number of nitrogens with one attached hydrogen (secondary N) is 2. The molecule has 1 saturated heterocycles. The quantitative estimate of drug-likeness (QED) is 0.791. The van der Waals surface area contributed by atoms with Gasteiger partial charge < -0.3 is 10.2 Å². The molecule has 1 aliphatic heterocycles. The molecule has 0 bridgehead atoms. The molecule has 94 valence electrons. The highest BCUT2D eigenvalue weighted by atomic mass is 16.2. The maximum Gasteiger partial charge on any atom is 0.251 e.